The molecule has 0 saturated heterocycles. The van der Waals surface area contributed by atoms with Gasteiger partial charge in [-0.2, -0.15) is 0 Å². The smallest absolute Gasteiger partial charge is 0.245 e. The van der Waals surface area contributed by atoms with Crippen LogP contribution in [0.25, 0.3) is 0 Å². The second kappa shape index (κ2) is 9.00. The monoisotopic (exact) mass is 201 g/mol. The topological polar surface area (TPSA) is 38.3 Å². The summed E-state index contributed by atoms with van der Waals surface area (Å²) in [5.74, 6) is 0.637. The molecular weight excluding hydrogens is 178 g/mol. The number of unbranched alkanes of at least 4 members (excludes halogenated alkanes) is 1. The molecule has 0 rings (SSSR count). The summed E-state index contributed by atoms with van der Waals surface area (Å²) in [6, 6.07) is 0. The van der Waals surface area contributed by atoms with Gasteiger partial charge in [0.2, 0.25) is 5.91 Å². The molecule has 0 bridgehead atoms. The van der Waals surface area contributed by atoms with E-state index in [0.29, 0.717) is 12.5 Å². The number of carbonyl (C=O) groups is 1. The largest absolute Gasteiger partial charge is 0.372 e. The molecule has 3 heteroatoms. The van der Waals surface area contributed by atoms with Crippen molar-refractivity contribution in [3.05, 3.63) is 0 Å². The standard InChI is InChI=1S/C11H23NO2/c1-4-5-8-14-9-11(13)12-7-6-10(2)3/h10H,4-9H2,1-3H3,(H,12,13). The molecule has 0 aliphatic heterocycles. The van der Waals surface area contributed by atoms with Gasteiger partial charge in [0.1, 0.15) is 6.61 Å². The molecule has 1 amide bonds. The Hall–Kier alpha value is -0.570. The van der Waals surface area contributed by atoms with Crippen molar-refractivity contribution in [1.29, 1.82) is 0 Å². The van der Waals surface area contributed by atoms with Crippen molar-refractivity contribution in [2.75, 3.05) is 19.8 Å². The third kappa shape index (κ3) is 9.52. The Morgan fingerprint density at radius 1 is 1.43 bits per heavy atom. The second-order valence-electron chi connectivity index (χ2n) is 3.94. The van der Waals surface area contributed by atoms with E-state index in [-0.39, 0.29) is 12.5 Å². The highest BCUT2D eigenvalue weighted by atomic mass is 16.5. The molecule has 1 N–H and O–H groups in total. The van der Waals surface area contributed by atoms with Crippen molar-refractivity contribution >= 4 is 5.91 Å². The lowest BCUT2D eigenvalue weighted by Gasteiger charge is -2.07. The quantitative estimate of drug-likeness (QED) is 0.610. The number of hydrogen-bond acceptors (Lipinski definition) is 2. The van der Waals surface area contributed by atoms with Crippen LogP contribution >= 0.6 is 0 Å². The van der Waals surface area contributed by atoms with Gasteiger partial charge in [0.25, 0.3) is 0 Å². The number of ether oxygens (including phenoxy) is 1. The molecule has 0 aromatic carbocycles. The molecule has 0 radical (unpaired) electrons. The van der Waals surface area contributed by atoms with Crippen molar-refractivity contribution in [1.82, 2.24) is 5.32 Å². The Morgan fingerprint density at radius 3 is 2.71 bits per heavy atom. The summed E-state index contributed by atoms with van der Waals surface area (Å²) in [6.07, 6.45) is 3.16. The zero-order valence-electron chi connectivity index (χ0n) is 9.64. The molecule has 0 saturated carbocycles. The second-order valence-corrected chi connectivity index (χ2v) is 3.94. The summed E-state index contributed by atoms with van der Waals surface area (Å²) in [6.45, 7) is 8.04. The van der Waals surface area contributed by atoms with Crippen LogP contribution in [0.5, 0.6) is 0 Å². The fourth-order valence-electron chi connectivity index (χ4n) is 0.963. The summed E-state index contributed by atoms with van der Waals surface area (Å²) in [7, 11) is 0. The Kier molecular flexibility index (Phi) is 8.64. The zero-order chi connectivity index (χ0) is 10.8. The van der Waals surface area contributed by atoms with Crippen molar-refractivity contribution < 1.29 is 9.53 Å². The maximum atomic E-state index is 11.2. The third-order valence-corrected chi connectivity index (χ3v) is 1.92. The van der Waals surface area contributed by atoms with Crippen molar-refractivity contribution in [3.63, 3.8) is 0 Å². The maximum absolute atomic E-state index is 11.2. The van der Waals surface area contributed by atoms with Crippen LogP contribution in [0.4, 0.5) is 0 Å². The Bertz CT molecular complexity index is 146. The summed E-state index contributed by atoms with van der Waals surface area (Å²) < 4.78 is 5.18. The molecule has 0 atom stereocenters. The Labute approximate surface area is 87.2 Å². The number of hydrogen-bond donors (Lipinski definition) is 1. The third-order valence-electron chi connectivity index (χ3n) is 1.92. The van der Waals surface area contributed by atoms with E-state index in [2.05, 4.69) is 26.1 Å². The van der Waals surface area contributed by atoms with E-state index in [1.807, 2.05) is 0 Å². The van der Waals surface area contributed by atoms with Crippen LogP contribution in [-0.2, 0) is 9.53 Å². The lowest BCUT2D eigenvalue weighted by atomic mass is 10.1. The maximum Gasteiger partial charge on any atom is 0.245 e. The van der Waals surface area contributed by atoms with E-state index >= 15 is 0 Å². The minimum Gasteiger partial charge on any atom is -0.372 e. The van der Waals surface area contributed by atoms with Gasteiger partial charge in [-0.05, 0) is 18.8 Å². The molecule has 0 aromatic rings. The first-order valence-corrected chi connectivity index (χ1v) is 5.51. The molecule has 0 aromatic heterocycles. The number of nitrogens with one attached hydrogen (secondary N) is 1. The lowest BCUT2D eigenvalue weighted by molar-refractivity contribution is -0.125. The number of rotatable bonds is 8. The van der Waals surface area contributed by atoms with Gasteiger partial charge in [-0.1, -0.05) is 27.2 Å². The van der Waals surface area contributed by atoms with Gasteiger partial charge >= 0.3 is 0 Å². The average molecular weight is 201 g/mol. The van der Waals surface area contributed by atoms with Crippen LogP contribution in [0.3, 0.4) is 0 Å². The average Bonchev–Trinajstić information content (AvgIpc) is 2.12. The van der Waals surface area contributed by atoms with Gasteiger partial charge in [0.15, 0.2) is 0 Å². The molecular formula is C11H23NO2. The highest BCUT2D eigenvalue weighted by molar-refractivity contribution is 5.77. The van der Waals surface area contributed by atoms with E-state index in [1.165, 1.54) is 0 Å². The van der Waals surface area contributed by atoms with Crippen LogP contribution in [-0.4, -0.2) is 25.7 Å². The fraction of sp³-hybridized carbons (Fsp3) is 0.909. The summed E-state index contributed by atoms with van der Waals surface area (Å²) in [5, 5.41) is 2.83. The van der Waals surface area contributed by atoms with Crippen molar-refractivity contribution in [3.8, 4) is 0 Å². The highest BCUT2D eigenvalue weighted by Crippen LogP contribution is 1.96. The molecule has 14 heavy (non-hydrogen) atoms. The first kappa shape index (κ1) is 13.4. The van der Waals surface area contributed by atoms with Crippen LogP contribution in [0.15, 0.2) is 0 Å². The predicted octanol–water partition coefficient (Wildman–Crippen LogP) is 1.97. The van der Waals surface area contributed by atoms with Gasteiger partial charge in [-0.15, -0.1) is 0 Å². The van der Waals surface area contributed by atoms with Gasteiger partial charge in [0.05, 0.1) is 0 Å². The van der Waals surface area contributed by atoms with E-state index < -0.39 is 0 Å². The fourth-order valence-corrected chi connectivity index (χ4v) is 0.963. The summed E-state index contributed by atoms with van der Waals surface area (Å²) >= 11 is 0. The zero-order valence-corrected chi connectivity index (χ0v) is 9.64. The molecule has 3 nitrogen and oxygen atoms in total. The molecule has 0 spiro atoms. The van der Waals surface area contributed by atoms with Gasteiger partial charge < -0.3 is 10.1 Å². The minimum absolute atomic E-state index is 0.00162. The molecule has 0 fully saturated rings. The van der Waals surface area contributed by atoms with Gasteiger partial charge in [-0.25, -0.2) is 0 Å². The summed E-state index contributed by atoms with van der Waals surface area (Å²) in [5.41, 5.74) is 0. The summed E-state index contributed by atoms with van der Waals surface area (Å²) in [4.78, 5) is 11.2. The van der Waals surface area contributed by atoms with Crippen molar-refractivity contribution in [2.45, 2.75) is 40.0 Å². The van der Waals surface area contributed by atoms with Crippen LogP contribution in [0.2, 0.25) is 0 Å². The van der Waals surface area contributed by atoms with E-state index in [4.69, 9.17) is 4.74 Å². The molecule has 84 valence electrons. The van der Waals surface area contributed by atoms with Gasteiger partial charge in [0, 0.05) is 13.2 Å². The predicted molar refractivity (Wildman–Crippen MR) is 58.2 cm³/mol. The van der Waals surface area contributed by atoms with E-state index in [0.717, 1.165) is 25.8 Å². The SMILES string of the molecule is CCCCOCC(=O)NCCC(C)C. The molecule has 0 aliphatic carbocycles. The van der Waals surface area contributed by atoms with E-state index in [1.54, 1.807) is 0 Å². The Balaban J connectivity index is 3.20. The normalized spacial score (nSPS) is 10.6. The van der Waals surface area contributed by atoms with Gasteiger partial charge in [-0.3, -0.25) is 4.79 Å². The molecule has 0 aliphatic rings. The first-order chi connectivity index (χ1) is 6.66. The minimum atomic E-state index is 0.00162. The first-order valence-electron chi connectivity index (χ1n) is 5.51. The van der Waals surface area contributed by atoms with Crippen LogP contribution < -0.4 is 5.32 Å². The molecule has 0 heterocycles. The number of amides is 1. The highest BCUT2D eigenvalue weighted by Gasteiger charge is 2.00. The van der Waals surface area contributed by atoms with Crippen LogP contribution in [0, 0.1) is 5.92 Å². The molecule has 0 unspecified atom stereocenters. The van der Waals surface area contributed by atoms with Crippen LogP contribution in [0.1, 0.15) is 40.0 Å². The van der Waals surface area contributed by atoms with Crippen molar-refractivity contribution in [2.24, 2.45) is 5.92 Å². The Morgan fingerprint density at radius 2 is 2.14 bits per heavy atom. The number of carbonyl (C=O) groups excluding carboxylic acids is 1. The lowest BCUT2D eigenvalue weighted by Crippen LogP contribution is -2.29. The van der Waals surface area contributed by atoms with E-state index in [9.17, 15) is 4.79 Å².